The van der Waals surface area contributed by atoms with Crippen molar-refractivity contribution in [2.45, 2.75) is 58.1 Å². The standard InChI is InChI=1S/C16H28O2S/c1-13(10-7-11-16(3,4)19-5)8-6-9-14(2)12-15(17)18/h6,9,12-13H,7-8,10-11H2,1-5H3,(H,17,18)/b9-6+,14-12+. The van der Waals surface area contributed by atoms with Crippen molar-refractivity contribution in [2.24, 2.45) is 5.92 Å². The molecule has 0 bridgehead atoms. The zero-order valence-electron chi connectivity index (χ0n) is 12.9. The molecule has 0 fully saturated rings. The third-order valence-electron chi connectivity index (χ3n) is 3.30. The number of carbonyl (C=O) groups is 1. The third kappa shape index (κ3) is 10.9. The summed E-state index contributed by atoms with van der Waals surface area (Å²) >= 11 is 1.93. The maximum Gasteiger partial charge on any atom is 0.328 e. The van der Waals surface area contributed by atoms with Crippen LogP contribution in [0.2, 0.25) is 0 Å². The van der Waals surface area contributed by atoms with Gasteiger partial charge in [0.15, 0.2) is 0 Å². The summed E-state index contributed by atoms with van der Waals surface area (Å²) in [5.74, 6) is -0.221. The predicted molar refractivity (Wildman–Crippen MR) is 85.8 cm³/mol. The molecule has 1 atom stereocenters. The third-order valence-corrected chi connectivity index (χ3v) is 4.61. The summed E-state index contributed by atoms with van der Waals surface area (Å²) in [6, 6.07) is 0. The van der Waals surface area contributed by atoms with Gasteiger partial charge >= 0.3 is 5.97 Å². The summed E-state index contributed by atoms with van der Waals surface area (Å²) in [5.41, 5.74) is 0.795. The Morgan fingerprint density at radius 3 is 2.58 bits per heavy atom. The van der Waals surface area contributed by atoms with Gasteiger partial charge in [0, 0.05) is 10.8 Å². The average molecular weight is 284 g/mol. The number of hydrogen-bond acceptors (Lipinski definition) is 2. The van der Waals surface area contributed by atoms with Gasteiger partial charge < -0.3 is 5.11 Å². The minimum Gasteiger partial charge on any atom is -0.478 e. The molecule has 1 unspecified atom stereocenters. The van der Waals surface area contributed by atoms with Crippen LogP contribution in [0.25, 0.3) is 0 Å². The molecule has 0 amide bonds. The van der Waals surface area contributed by atoms with Crippen molar-refractivity contribution in [1.82, 2.24) is 0 Å². The molecule has 0 aromatic rings. The van der Waals surface area contributed by atoms with Gasteiger partial charge in [-0.1, -0.05) is 45.8 Å². The lowest BCUT2D eigenvalue weighted by Crippen LogP contribution is -2.13. The normalized spacial score (nSPS) is 14.9. The Bertz CT molecular complexity index is 330. The van der Waals surface area contributed by atoms with E-state index in [0.717, 1.165) is 12.0 Å². The van der Waals surface area contributed by atoms with Crippen LogP contribution in [0.3, 0.4) is 0 Å². The smallest absolute Gasteiger partial charge is 0.328 e. The van der Waals surface area contributed by atoms with E-state index >= 15 is 0 Å². The first kappa shape index (κ1) is 18.3. The molecule has 0 saturated carbocycles. The van der Waals surface area contributed by atoms with Gasteiger partial charge in [-0.15, -0.1) is 0 Å². The molecule has 0 spiro atoms. The molecule has 0 aromatic carbocycles. The molecule has 3 heteroatoms. The highest BCUT2D eigenvalue weighted by Gasteiger charge is 2.15. The number of aliphatic carboxylic acids is 1. The molecule has 110 valence electrons. The molecule has 0 rings (SSSR count). The summed E-state index contributed by atoms with van der Waals surface area (Å²) in [4.78, 5) is 10.5. The average Bonchev–Trinajstić information content (AvgIpc) is 2.27. The molecular weight excluding hydrogens is 256 g/mol. The minimum absolute atomic E-state index is 0.385. The molecule has 2 nitrogen and oxygen atoms in total. The second kappa shape index (κ2) is 9.24. The van der Waals surface area contributed by atoms with Gasteiger partial charge in [-0.3, -0.25) is 0 Å². The summed E-state index contributed by atoms with van der Waals surface area (Å²) in [6.45, 7) is 8.66. The fourth-order valence-corrected chi connectivity index (χ4v) is 2.17. The van der Waals surface area contributed by atoms with E-state index in [2.05, 4.69) is 33.1 Å². The maximum absolute atomic E-state index is 10.5. The molecule has 0 aliphatic carbocycles. The highest BCUT2D eigenvalue weighted by molar-refractivity contribution is 7.99. The van der Waals surface area contributed by atoms with Gasteiger partial charge in [0.2, 0.25) is 0 Å². The minimum atomic E-state index is -0.880. The predicted octanol–water partition coefficient (Wildman–Crippen LogP) is 4.91. The lowest BCUT2D eigenvalue weighted by molar-refractivity contribution is -0.131. The van der Waals surface area contributed by atoms with Crippen LogP contribution >= 0.6 is 11.8 Å². The van der Waals surface area contributed by atoms with Crippen LogP contribution in [0.1, 0.15) is 53.4 Å². The Morgan fingerprint density at radius 1 is 1.42 bits per heavy atom. The molecule has 0 heterocycles. The number of rotatable bonds is 9. The monoisotopic (exact) mass is 284 g/mol. The Morgan fingerprint density at radius 2 is 2.05 bits per heavy atom. The van der Waals surface area contributed by atoms with Crippen LogP contribution in [-0.2, 0) is 4.79 Å². The number of hydrogen-bond donors (Lipinski definition) is 1. The van der Waals surface area contributed by atoms with Crippen molar-refractivity contribution in [3.05, 3.63) is 23.8 Å². The van der Waals surface area contributed by atoms with Crippen molar-refractivity contribution in [2.75, 3.05) is 6.26 Å². The molecule has 19 heavy (non-hydrogen) atoms. The van der Waals surface area contributed by atoms with E-state index in [1.165, 1.54) is 25.3 Å². The van der Waals surface area contributed by atoms with E-state index in [0.29, 0.717) is 10.7 Å². The first-order valence-electron chi connectivity index (χ1n) is 6.90. The van der Waals surface area contributed by atoms with Gasteiger partial charge in [0.25, 0.3) is 0 Å². The van der Waals surface area contributed by atoms with Crippen molar-refractivity contribution in [3.8, 4) is 0 Å². The first-order chi connectivity index (χ1) is 8.76. The molecule has 0 aliphatic rings. The van der Waals surface area contributed by atoms with Crippen LogP contribution in [-0.4, -0.2) is 22.1 Å². The molecule has 0 saturated heterocycles. The van der Waals surface area contributed by atoms with Crippen LogP contribution in [0.4, 0.5) is 0 Å². The van der Waals surface area contributed by atoms with Crippen molar-refractivity contribution < 1.29 is 9.90 Å². The molecule has 0 aliphatic heterocycles. The Kier molecular flexibility index (Phi) is 8.90. The quantitative estimate of drug-likeness (QED) is 0.483. The highest BCUT2D eigenvalue weighted by atomic mass is 32.2. The lowest BCUT2D eigenvalue weighted by Gasteiger charge is -2.22. The van der Waals surface area contributed by atoms with Gasteiger partial charge in [0.1, 0.15) is 0 Å². The highest BCUT2D eigenvalue weighted by Crippen LogP contribution is 2.28. The van der Waals surface area contributed by atoms with Crippen LogP contribution in [0.15, 0.2) is 23.8 Å². The van der Waals surface area contributed by atoms with Gasteiger partial charge in [-0.2, -0.15) is 11.8 Å². The summed E-state index contributed by atoms with van der Waals surface area (Å²) in [6.07, 6.45) is 12.1. The van der Waals surface area contributed by atoms with Gasteiger partial charge in [-0.25, -0.2) is 4.79 Å². The van der Waals surface area contributed by atoms with Crippen LogP contribution < -0.4 is 0 Å². The summed E-state index contributed by atoms with van der Waals surface area (Å²) in [7, 11) is 0. The molecule has 1 N–H and O–H groups in total. The number of carboxylic acid groups (broad SMARTS) is 1. The zero-order chi connectivity index (χ0) is 14.9. The van der Waals surface area contributed by atoms with E-state index in [1.54, 1.807) is 0 Å². The summed E-state index contributed by atoms with van der Waals surface area (Å²) in [5, 5.41) is 8.60. The number of thioether (sulfide) groups is 1. The van der Waals surface area contributed by atoms with Gasteiger partial charge in [-0.05, 0) is 37.5 Å². The van der Waals surface area contributed by atoms with Crippen molar-refractivity contribution in [1.29, 1.82) is 0 Å². The second-order valence-corrected chi connectivity index (χ2v) is 7.34. The van der Waals surface area contributed by atoms with E-state index in [1.807, 2.05) is 24.8 Å². The lowest BCUT2D eigenvalue weighted by atomic mass is 9.96. The van der Waals surface area contributed by atoms with Crippen molar-refractivity contribution in [3.63, 3.8) is 0 Å². The van der Waals surface area contributed by atoms with E-state index in [9.17, 15) is 4.79 Å². The zero-order valence-corrected chi connectivity index (χ0v) is 13.7. The van der Waals surface area contributed by atoms with Gasteiger partial charge in [0.05, 0.1) is 0 Å². The van der Waals surface area contributed by atoms with E-state index < -0.39 is 5.97 Å². The van der Waals surface area contributed by atoms with E-state index in [4.69, 9.17) is 5.11 Å². The fraction of sp³-hybridized carbons (Fsp3) is 0.688. The SMILES string of the molecule is CSC(C)(C)CCCC(C)C/C=C/C(C)=C/C(=O)O. The fourth-order valence-electron chi connectivity index (χ4n) is 1.83. The second-order valence-electron chi connectivity index (χ2n) is 5.83. The van der Waals surface area contributed by atoms with Crippen LogP contribution in [0.5, 0.6) is 0 Å². The van der Waals surface area contributed by atoms with E-state index in [-0.39, 0.29) is 0 Å². The molecular formula is C16H28O2S. The molecule has 0 aromatic heterocycles. The topological polar surface area (TPSA) is 37.3 Å². The first-order valence-corrected chi connectivity index (χ1v) is 8.12. The Hall–Kier alpha value is -0.700. The maximum atomic E-state index is 10.5. The summed E-state index contributed by atoms with van der Waals surface area (Å²) < 4.78 is 0.385. The van der Waals surface area contributed by atoms with Crippen LogP contribution in [0, 0.1) is 5.92 Å². The largest absolute Gasteiger partial charge is 0.478 e. The molecule has 0 radical (unpaired) electrons. The Balaban J connectivity index is 3.91. The number of allylic oxidation sites excluding steroid dienone is 3. The number of carboxylic acids is 1. The Labute approximate surface area is 122 Å². The van der Waals surface area contributed by atoms with Crippen molar-refractivity contribution >= 4 is 17.7 Å².